The zero-order valence-electron chi connectivity index (χ0n) is 29.3. The zero-order valence-corrected chi connectivity index (χ0v) is 29.3. The molecule has 0 atom stereocenters. The molecule has 1 aliphatic rings. The summed E-state index contributed by atoms with van der Waals surface area (Å²) in [6.07, 6.45) is 3.78. The van der Waals surface area contributed by atoms with Gasteiger partial charge in [-0.15, -0.1) is 0 Å². The first-order valence-electron chi connectivity index (χ1n) is 18.6. The van der Waals surface area contributed by atoms with Crippen molar-refractivity contribution in [3.8, 4) is 11.1 Å². The number of benzene rings is 6. The summed E-state index contributed by atoms with van der Waals surface area (Å²) in [5.41, 5.74) is 16.6. The molecule has 55 heavy (non-hydrogen) atoms. The van der Waals surface area contributed by atoms with Crippen LogP contribution in [0.5, 0.6) is 0 Å². The molecule has 0 radical (unpaired) electrons. The molecule has 254 valence electrons. The number of hydrogen-bond donors (Lipinski definition) is 0. The lowest BCUT2D eigenvalue weighted by Crippen LogP contribution is -2.28. The van der Waals surface area contributed by atoms with E-state index in [9.17, 15) is 0 Å². The van der Waals surface area contributed by atoms with Crippen LogP contribution >= 0.6 is 0 Å². The van der Waals surface area contributed by atoms with Gasteiger partial charge in [0.2, 0.25) is 0 Å². The minimum absolute atomic E-state index is 0.653. The van der Waals surface area contributed by atoms with E-state index in [2.05, 4.69) is 154 Å². The number of fused-ring (bicyclic) bond motifs is 19. The minimum atomic E-state index is -0.653. The van der Waals surface area contributed by atoms with Gasteiger partial charge < -0.3 is 0 Å². The van der Waals surface area contributed by atoms with Gasteiger partial charge in [-0.2, -0.15) is 0 Å². The second kappa shape index (κ2) is 10.4. The number of aromatic nitrogens is 6. The third kappa shape index (κ3) is 3.59. The van der Waals surface area contributed by atoms with Crippen molar-refractivity contribution in [3.63, 3.8) is 0 Å². The molecular weight excluding hydrogens is 673 g/mol. The highest BCUT2D eigenvalue weighted by Crippen LogP contribution is 2.57. The topological polar surface area (TPSA) is 60.4 Å². The monoisotopic (exact) mass is 700 g/mol. The second-order valence-electron chi connectivity index (χ2n) is 14.6. The molecule has 0 bridgehead atoms. The van der Waals surface area contributed by atoms with Crippen molar-refractivity contribution in [1.29, 1.82) is 0 Å². The lowest BCUT2D eigenvalue weighted by atomic mass is 9.67. The lowest BCUT2D eigenvalue weighted by Gasteiger charge is -2.34. The first-order chi connectivity index (χ1) is 27.3. The van der Waals surface area contributed by atoms with Crippen molar-refractivity contribution >= 4 is 77.0 Å². The van der Waals surface area contributed by atoms with Gasteiger partial charge in [0.05, 0.1) is 49.5 Å². The summed E-state index contributed by atoms with van der Waals surface area (Å²) in [6, 6.07) is 56.9. The van der Waals surface area contributed by atoms with Gasteiger partial charge in [0.15, 0.2) is 0 Å². The van der Waals surface area contributed by atoms with Gasteiger partial charge in [-0.3, -0.25) is 18.8 Å². The third-order valence-electron chi connectivity index (χ3n) is 12.0. The Balaban J connectivity index is 1.21. The fourth-order valence-electron chi connectivity index (χ4n) is 9.83. The summed E-state index contributed by atoms with van der Waals surface area (Å²) in [4.78, 5) is 20.5. The van der Waals surface area contributed by atoms with Crippen LogP contribution in [-0.2, 0) is 5.41 Å². The normalized spacial score (nSPS) is 13.6. The van der Waals surface area contributed by atoms with Crippen LogP contribution in [0.25, 0.3) is 88.1 Å². The van der Waals surface area contributed by atoms with Gasteiger partial charge in [-0.1, -0.05) is 97.1 Å². The smallest absolute Gasteiger partial charge is 0.146 e. The first kappa shape index (κ1) is 29.1. The molecule has 0 amide bonds. The van der Waals surface area contributed by atoms with Crippen molar-refractivity contribution < 1.29 is 0 Å². The lowest BCUT2D eigenvalue weighted by molar-refractivity contribution is 0.771. The SMILES string of the molecule is c1ccc2c(c1)-c1ccccc1C2(c1ccc2c(c1)c1nc3ccccc3n1c1cccnc21)c1ccc2c(c1)c1nc3ccccc3n1c1cccnc21. The molecule has 1 aliphatic carbocycles. The highest BCUT2D eigenvalue weighted by molar-refractivity contribution is 6.14. The molecule has 0 saturated carbocycles. The maximum absolute atomic E-state index is 5.29. The second-order valence-corrected chi connectivity index (χ2v) is 14.6. The van der Waals surface area contributed by atoms with Crippen molar-refractivity contribution in [3.05, 3.63) is 192 Å². The number of pyridine rings is 4. The average molecular weight is 701 g/mol. The van der Waals surface area contributed by atoms with Gasteiger partial charge in [0.1, 0.15) is 11.3 Å². The number of rotatable bonds is 2. The van der Waals surface area contributed by atoms with Crippen LogP contribution in [0.1, 0.15) is 22.3 Å². The van der Waals surface area contributed by atoms with E-state index in [1.807, 2.05) is 24.5 Å². The van der Waals surface area contributed by atoms with E-state index in [1.165, 1.54) is 33.4 Å². The molecule has 6 heteroatoms. The predicted octanol–water partition coefficient (Wildman–Crippen LogP) is 11.1. The molecule has 0 aliphatic heterocycles. The van der Waals surface area contributed by atoms with E-state index < -0.39 is 5.41 Å². The van der Waals surface area contributed by atoms with Gasteiger partial charge in [-0.25, -0.2) is 9.97 Å². The molecule has 12 aromatic rings. The number of para-hydroxylation sites is 4. The maximum atomic E-state index is 5.29. The van der Waals surface area contributed by atoms with E-state index in [0.29, 0.717) is 0 Å². The fraction of sp³-hybridized carbons (Fsp3) is 0.0204. The summed E-state index contributed by atoms with van der Waals surface area (Å²) in [7, 11) is 0. The summed E-state index contributed by atoms with van der Waals surface area (Å²) in [5, 5.41) is 4.30. The van der Waals surface area contributed by atoms with Crippen molar-refractivity contribution in [2.75, 3.05) is 0 Å². The van der Waals surface area contributed by atoms with Crippen LogP contribution in [-0.4, -0.2) is 28.7 Å². The Morgan fingerprint density at radius 1 is 0.382 bits per heavy atom. The molecule has 0 saturated heterocycles. The molecule has 0 unspecified atom stereocenters. The summed E-state index contributed by atoms with van der Waals surface area (Å²) in [5.74, 6) is 0. The van der Waals surface area contributed by atoms with Gasteiger partial charge in [0.25, 0.3) is 0 Å². The number of hydrogen-bond acceptors (Lipinski definition) is 4. The van der Waals surface area contributed by atoms with Crippen molar-refractivity contribution in [2.45, 2.75) is 5.41 Å². The largest absolute Gasteiger partial charge is 0.290 e. The Kier molecular flexibility index (Phi) is 5.48. The van der Waals surface area contributed by atoms with Gasteiger partial charge >= 0.3 is 0 Å². The van der Waals surface area contributed by atoms with Crippen LogP contribution < -0.4 is 0 Å². The fourth-order valence-corrected chi connectivity index (χ4v) is 9.83. The summed E-state index contributed by atoms with van der Waals surface area (Å²) < 4.78 is 4.56. The predicted molar refractivity (Wildman–Crippen MR) is 222 cm³/mol. The molecule has 6 heterocycles. The minimum Gasteiger partial charge on any atom is -0.290 e. The molecule has 13 rings (SSSR count). The molecule has 0 fully saturated rings. The molecule has 6 aromatic heterocycles. The van der Waals surface area contributed by atoms with E-state index in [-0.39, 0.29) is 0 Å². The van der Waals surface area contributed by atoms with Crippen LogP contribution in [0, 0.1) is 0 Å². The van der Waals surface area contributed by atoms with E-state index in [1.54, 1.807) is 0 Å². The van der Waals surface area contributed by atoms with Crippen molar-refractivity contribution in [2.24, 2.45) is 0 Å². The maximum Gasteiger partial charge on any atom is 0.146 e. The summed E-state index contributed by atoms with van der Waals surface area (Å²) in [6.45, 7) is 0. The van der Waals surface area contributed by atoms with Gasteiger partial charge in [-0.05, 0) is 94.0 Å². The Bertz CT molecular complexity index is 3390. The average Bonchev–Trinajstić information content (AvgIpc) is 3.93. The van der Waals surface area contributed by atoms with E-state index in [4.69, 9.17) is 19.9 Å². The van der Waals surface area contributed by atoms with Crippen molar-refractivity contribution in [1.82, 2.24) is 28.7 Å². The highest BCUT2D eigenvalue weighted by atomic mass is 15.0. The molecule has 0 spiro atoms. The van der Waals surface area contributed by atoms with Gasteiger partial charge in [0, 0.05) is 33.9 Å². The Hall–Kier alpha value is -7.44. The highest BCUT2D eigenvalue weighted by Gasteiger charge is 2.46. The molecular formula is C49H28N6. The summed E-state index contributed by atoms with van der Waals surface area (Å²) >= 11 is 0. The quantitative estimate of drug-likeness (QED) is 0.168. The van der Waals surface area contributed by atoms with E-state index >= 15 is 0 Å². The van der Waals surface area contributed by atoms with Crippen LogP contribution in [0.15, 0.2) is 170 Å². The first-order valence-corrected chi connectivity index (χ1v) is 18.6. The van der Waals surface area contributed by atoms with Crippen LogP contribution in [0.2, 0.25) is 0 Å². The van der Waals surface area contributed by atoms with E-state index in [0.717, 1.165) is 77.0 Å². The Morgan fingerprint density at radius 2 is 0.818 bits per heavy atom. The third-order valence-corrected chi connectivity index (χ3v) is 12.0. The standard InChI is InChI=1S/C49H28N6/c1-3-13-37-31(11-1)32-12-2-4-14-38(32)49(37,29-21-23-33-35(27-29)47-52-39-15-5-7-17-41(39)54(47)43-19-9-25-50-45(33)43)30-22-24-34-36(28-30)48-53-40-16-6-8-18-42(40)55(48)44-20-10-26-51-46(34)44/h1-28H. The number of nitrogens with zero attached hydrogens (tertiary/aromatic N) is 6. The Labute approximate surface area is 313 Å². The zero-order chi connectivity index (χ0) is 35.8. The van der Waals surface area contributed by atoms with Crippen LogP contribution in [0.3, 0.4) is 0 Å². The number of imidazole rings is 2. The van der Waals surface area contributed by atoms with Crippen LogP contribution in [0.4, 0.5) is 0 Å². The molecule has 0 N–H and O–H groups in total. The molecule has 6 aromatic carbocycles. The molecule has 6 nitrogen and oxygen atoms in total. The Morgan fingerprint density at radius 3 is 1.33 bits per heavy atom.